The van der Waals surface area contributed by atoms with Gasteiger partial charge in [-0.15, -0.1) is 11.3 Å². The third-order valence-corrected chi connectivity index (χ3v) is 4.42. The minimum atomic E-state index is -0.972. The molecule has 0 aliphatic carbocycles. The number of aliphatic carboxylic acids is 1. The molecule has 110 valence electrons. The largest absolute Gasteiger partial charge is 0.480 e. The summed E-state index contributed by atoms with van der Waals surface area (Å²) in [6.07, 6.45) is 1.29. The van der Waals surface area contributed by atoms with Crippen molar-refractivity contribution < 1.29 is 14.7 Å². The molecule has 2 N–H and O–H groups in total. The zero-order chi connectivity index (χ0) is 14.7. The number of amides is 2. The van der Waals surface area contributed by atoms with Crippen molar-refractivity contribution in [2.24, 2.45) is 5.92 Å². The second kappa shape index (κ2) is 6.26. The lowest BCUT2D eigenvalue weighted by Crippen LogP contribution is -2.49. The van der Waals surface area contributed by atoms with Gasteiger partial charge in [-0.25, -0.2) is 9.59 Å². The van der Waals surface area contributed by atoms with Crippen LogP contribution in [0.3, 0.4) is 0 Å². The summed E-state index contributed by atoms with van der Waals surface area (Å²) < 4.78 is 0. The third-order valence-electron chi connectivity index (χ3n) is 3.40. The van der Waals surface area contributed by atoms with Gasteiger partial charge in [0.1, 0.15) is 6.04 Å². The summed E-state index contributed by atoms with van der Waals surface area (Å²) in [5, 5.41) is 13.8. The predicted octanol–water partition coefficient (Wildman–Crippen LogP) is 2.32. The molecule has 1 aromatic heterocycles. The first-order valence-corrected chi connectivity index (χ1v) is 7.69. The lowest BCUT2D eigenvalue weighted by molar-refractivity contribution is -0.139. The molecule has 1 aliphatic rings. The molecule has 1 aromatic rings. The van der Waals surface area contributed by atoms with Crippen molar-refractivity contribution in [2.75, 3.05) is 6.54 Å². The molecular formula is C14H20N2O3S. The second-order valence-electron chi connectivity index (χ2n) is 5.51. The molecule has 0 bridgehead atoms. The molecule has 2 rings (SSSR count). The SMILES string of the molecule is CC(C)CC(NC(=O)N1CCc2sccc2C1)C(=O)O. The highest BCUT2D eigenvalue weighted by atomic mass is 32.1. The fourth-order valence-electron chi connectivity index (χ4n) is 2.36. The van der Waals surface area contributed by atoms with Crippen LogP contribution < -0.4 is 5.32 Å². The molecule has 1 unspecified atom stereocenters. The Morgan fingerprint density at radius 3 is 2.90 bits per heavy atom. The maximum Gasteiger partial charge on any atom is 0.326 e. The maximum atomic E-state index is 12.2. The van der Waals surface area contributed by atoms with Crippen LogP contribution in [0.4, 0.5) is 4.79 Å². The molecule has 20 heavy (non-hydrogen) atoms. The summed E-state index contributed by atoms with van der Waals surface area (Å²) in [5.41, 5.74) is 1.17. The van der Waals surface area contributed by atoms with Gasteiger partial charge < -0.3 is 15.3 Å². The predicted molar refractivity (Wildman–Crippen MR) is 77.8 cm³/mol. The first kappa shape index (κ1) is 14.8. The Morgan fingerprint density at radius 2 is 2.25 bits per heavy atom. The molecule has 5 nitrogen and oxygen atoms in total. The van der Waals surface area contributed by atoms with Gasteiger partial charge in [0, 0.05) is 18.0 Å². The zero-order valence-corrected chi connectivity index (χ0v) is 12.6. The number of thiophene rings is 1. The number of fused-ring (bicyclic) bond motifs is 1. The van der Waals surface area contributed by atoms with E-state index in [0.29, 0.717) is 19.5 Å². The number of urea groups is 1. The zero-order valence-electron chi connectivity index (χ0n) is 11.8. The molecule has 2 amide bonds. The van der Waals surface area contributed by atoms with Crippen LogP contribution in [0, 0.1) is 5.92 Å². The smallest absolute Gasteiger partial charge is 0.326 e. The van der Waals surface area contributed by atoms with Gasteiger partial charge in [-0.05, 0) is 35.8 Å². The van der Waals surface area contributed by atoms with Crippen LogP contribution in [0.15, 0.2) is 11.4 Å². The van der Waals surface area contributed by atoms with Crippen molar-refractivity contribution in [3.05, 3.63) is 21.9 Å². The summed E-state index contributed by atoms with van der Waals surface area (Å²) in [6, 6.07) is 0.934. The maximum absolute atomic E-state index is 12.2. The Labute approximate surface area is 122 Å². The Hall–Kier alpha value is -1.56. The molecular weight excluding hydrogens is 276 g/mol. The van der Waals surface area contributed by atoms with Gasteiger partial charge in [-0.2, -0.15) is 0 Å². The van der Waals surface area contributed by atoms with Gasteiger partial charge in [0.05, 0.1) is 0 Å². The van der Waals surface area contributed by atoms with Crippen LogP contribution in [-0.4, -0.2) is 34.6 Å². The lowest BCUT2D eigenvalue weighted by Gasteiger charge is -2.28. The minimum Gasteiger partial charge on any atom is -0.480 e. The quantitative estimate of drug-likeness (QED) is 0.896. The number of nitrogens with zero attached hydrogens (tertiary/aromatic N) is 1. The molecule has 2 heterocycles. The Morgan fingerprint density at radius 1 is 1.50 bits per heavy atom. The number of carbonyl (C=O) groups excluding carboxylic acids is 1. The van der Waals surface area contributed by atoms with Crippen molar-refractivity contribution >= 4 is 23.3 Å². The van der Waals surface area contributed by atoms with Crippen LogP contribution in [0.5, 0.6) is 0 Å². The first-order chi connectivity index (χ1) is 9.47. The molecule has 6 heteroatoms. The Balaban J connectivity index is 1.96. The Kier molecular flexibility index (Phi) is 4.65. The van der Waals surface area contributed by atoms with Crippen LogP contribution in [0.25, 0.3) is 0 Å². The Bertz CT molecular complexity index is 498. The van der Waals surface area contributed by atoms with Gasteiger partial charge in [0.15, 0.2) is 0 Å². The van der Waals surface area contributed by atoms with Gasteiger partial charge in [-0.3, -0.25) is 0 Å². The van der Waals surface area contributed by atoms with Gasteiger partial charge in [-0.1, -0.05) is 13.8 Å². The van der Waals surface area contributed by atoms with E-state index in [1.807, 2.05) is 25.3 Å². The fourth-order valence-corrected chi connectivity index (χ4v) is 3.24. The van der Waals surface area contributed by atoms with E-state index in [0.717, 1.165) is 6.42 Å². The van der Waals surface area contributed by atoms with Crippen LogP contribution in [0.2, 0.25) is 0 Å². The van der Waals surface area contributed by atoms with Crippen LogP contribution in [0.1, 0.15) is 30.7 Å². The van der Waals surface area contributed by atoms with Crippen molar-refractivity contribution in [2.45, 2.75) is 39.3 Å². The lowest BCUT2D eigenvalue weighted by atomic mass is 10.0. The van der Waals surface area contributed by atoms with Gasteiger partial charge in [0.25, 0.3) is 0 Å². The average molecular weight is 296 g/mol. The second-order valence-corrected chi connectivity index (χ2v) is 6.51. The van der Waals surface area contributed by atoms with Crippen molar-refractivity contribution in [3.8, 4) is 0 Å². The van der Waals surface area contributed by atoms with E-state index < -0.39 is 12.0 Å². The number of hydrogen-bond donors (Lipinski definition) is 2. The molecule has 0 saturated heterocycles. The molecule has 0 saturated carbocycles. The molecule has 0 fully saturated rings. The van der Waals surface area contributed by atoms with E-state index in [4.69, 9.17) is 5.11 Å². The normalized spacial score (nSPS) is 15.8. The van der Waals surface area contributed by atoms with Crippen molar-refractivity contribution in [1.29, 1.82) is 0 Å². The number of carboxylic acids is 1. The highest BCUT2D eigenvalue weighted by Gasteiger charge is 2.26. The van der Waals surface area contributed by atoms with Crippen molar-refractivity contribution in [1.82, 2.24) is 10.2 Å². The topological polar surface area (TPSA) is 69.6 Å². The molecule has 1 aliphatic heterocycles. The van der Waals surface area contributed by atoms with Gasteiger partial charge in [0.2, 0.25) is 0 Å². The first-order valence-electron chi connectivity index (χ1n) is 6.81. The molecule has 0 radical (unpaired) electrons. The summed E-state index contributed by atoms with van der Waals surface area (Å²) in [6.45, 7) is 5.10. The molecule has 0 aromatic carbocycles. The summed E-state index contributed by atoms with van der Waals surface area (Å²) in [4.78, 5) is 26.4. The van der Waals surface area contributed by atoms with E-state index in [1.54, 1.807) is 16.2 Å². The summed E-state index contributed by atoms with van der Waals surface area (Å²) >= 11 is 1.71. The van der Waals surface area contributed by atoms with E-state index >= 15 is 0 Å². The number of carbonyl (C=O) groups is 2. The van der Waals surface area contributed by atoms with E-state index in [9.17, 15) is 9.59 Å². The highest BCUT2D eigenvalue weighted by Crippen LogP contribution is 2.24. The highest BCUT2D eigenvalue weighted by molar-refractivity contribution is 7.10. The number of nitrogens with one attached hydrogen (secondary N) is 1. The summed E-state index contributed by atoms with van der Waals surface area (Å²) in [5.74, 6) is -0.749. The van der Waals surface area contributed by atoms with Crippen LogP contribution in [-0.2, 0) is 17.8 Å². The van der Waals surface area contributed by atoms with Crippen molar-refractivity contribution in [3.63, 3.8) is 0 Å². The van der Waals surface area contributed by atoms with E-state index in [1.165, 1.54) is 10.4 Å². The fraction of sp³-hybridized carbons (Fsp3) is 0.571. The number of rotatable bonds is 4. The number of hydrogen-bond acceptors (Lipinski definition) is 3. The monoisotopic (exact) mass is 296 g/mol. The average Bonchev–Trinajstić information content (AvgIpc) is 2.84. The summed E-state index contributed by atoms with van der Waals surface area (Å²) in [7, 11) is 0. The van der Waals surface area contributed by atoms with Gasteiger partial charge >= 0.3 is 12.0 Å². The molecule has 0 spiro atoms. The standard InChI is InChI=1S/C14H20N2O3S/c1-9(2)7-11(13(17)18)15-14(19)16-5-3-12-10(8-16)4-6-20-12/h4,6,9,11H,3,5,7-8H2,1-2H3,(H,15,19)(H,17,18). The van der Waals surface area contributed by atoms with E-state index in [-0.39, 0.29) is 11.9 Å². The van der Waals surface area contributed by atoms with Crippen LogP contribution >= 0.6 is 11.3 Å². The van der Waals surface area contributed by atoms with E-state index in [2.05, 4.69) is 5.32 Å². The third kappa shape index (κ3) is 3.50. The minimum absolute atomic E-state index is 0.223. The number of carboxylic acid groups (broad SMARTS) is 1. The molecule has 1 atom stereocenters.